The van der Waals surface area contributed by atoms with Gasteiger partial charge in [0.1, 0.15) is 5.75 Å². The van der Waals surface area contributed by atoms with Gasteiger partial charge in [-0.15, -0.1) is 0 Å². The minimum atomic E-state index is 0.315. The van der Waals surface area contributed by atoms with Crippen LogP contribution in [0.5, 0.6) is 5.75 Å². The van der Waals surface area contributed by atoms with Crippen LogP contribution >= 0.6 is 15.9 Å². The number of phenols is 1. The molecule has 0 amide bonds. The van der Waals surface area contributed by atoms with Gasteiger partial charge in [0.05, 0.1) is 0 Å². The van der Waals surface area contributed by atoms with Gasteiger partial charge in [-0.1, -0.05) is 22.0 Å². The fourth-order valence-corrected chi connectivity index (χ4v) is 2.43. The molecule has 1 heterocycles. The first-order valence-electron chi connectivity index (χ1n) is 4.50. The van der Waals surface area contributed by atoms with E-state index in [-0.39, 0.29) is 0 Å². The number of rotatable bonds is 1. The van der Waals surface area contributed by atoms with Crippen molar-refractivity contribution in [2.45, 2.75) is 18.9 Å². The van der Waals surface area contributed by atoms with Crippen LogP contribution in [0.15, 0.2) is 22.7 Å². The van der Waals surface area contributed by atoms with Crippen LogP contribution in [0.3, 0.4) is 0 Å². The molecule has 70 valence electrons. The molecule has 1 fully saturated rings. The van der Waals surface area contributed by atoms with Gasteiger partial charge in [-0.05, 0) is 31.5 Å². The Hall–Kier alpha value is -0.540. The fourth-order valence-electron chi connectivity index (χ4n) is 1.80. The molecule has 0 saturated carbocycles. The van der Waals surface area contributed by atoms with E-state index in [9.17, 15) is 5.11 Å². The Morgan fingerprint density at radius 1 is 1.46 bits per heavy atom. The summed E-state index contributed by atoms with van der Waals surface area (Å²) in [5.74, 6) is 0.383. The van der Waals surface area contributed by atoms with Crippen LogP contribution in [0.25, 0.3) is 0 Å². The maximum Gasteiger partial charge on any atom is 0.121 e. The lowest BCUT2D eigenvalue weighted by atomic mass is 10.0. The molecule has 0 bridgehead atoms. The summed E-state index contributed by atoms with van der Waals surface area (Å²) in [6, 6.07) is 5.86. The molecule has 2 nitrogen and oxygen atoms in total. The van der Waals surface area contributed by atoms with Crippen molar-refractivity contribution in [2.24, 2.45) is 0 Å². The van der Waals surface area contributed by atoms with E-state index in [2.05, 4.69) is 21.2 Å². The summed E-state index contributed by atoms with van der Waals surface area (Å²) in [5.41, 5.74) is 1.00. The molecule has 2 rings (SSSR count). The minimum absolute atomic E-state index is 0.315. The van der Waals surface area contributed by atoms with E-state index in [4.69, 9.17) is 0 Å². The molecule has 1 aromatic rings. The molecule has 13 heavy (non-hydrogen) atoms. The molecule has 3 heteroatoms. The van der Waals surface area contributed by atoms with Crippen LogP contribution in [-0.2, 0) is 0 Å². The zero-order valence-electron chi connectivity index (χ0n) is 7.26. The SMILES string of the molecule is Oc1cccc(Br)c1C1CCCN1. The quantitative estimate of drug-likeness (QED) is 0.793. The van der Waals surface area contributed by atoms with E-state index >= 15 is 0 Å². The van der Waals surface area contributed by atoms with Gasteiger partial charge in [0, 0.05) is 16.1 Å². The van der Waals surface area contributed by atoms with Gasteiger partial charge >= 0.3 is 0 Å². The van der Waals surface area contributed by atoms with Crippen molar-refractivity contribution in [3.05, 3.63) is 28.2 Å². The lowest BCUT2D eigenvalue weighted by molar-refractivity contribution is 0.456. The maximum atomic E-state index is 9.68. The highest BCUT2D eigenvalue weighted by Gasteiger charge is 2.21. The number of benzene rings is 1. The number of hydrogen-bond donors (Lipinski definition) is 2. The highest BCUT2D eigenvalue weighted by atomic mass is 79.9. The summed E-state index contributed by atoms with van der Waals surface area (Å²) in [6.45, 7) is 1.05. The Balaban J connectivity index is 2.37. The molecule has 0 aromatic heterocycles. The third kappa shape index (κ3) is 1.71. The largest absolute Gasteiger partial charge is 0.508 e. The normalized spacial score (nSPS) is 22.1. The third-order valence-corrected chi connectivity index (χ3v) is 3.13. The van der Waals surface area contributed by atoms with Crippen LogP contribution in [0, 0.1) is 0 Å². The number of phenolic OH excluding ortho intramolecular Hbond substituents is 1. The van der Waals surface area contributed by atoms with Crippen molar-refractivity contribution in [1.29, 1.82) is 0 Å². The predicted molar refractivity (Wildman–Crippen MR) is 55.8 cm³/mol. The Morgan fingerprint density at radius 3 is 2.92 bits per heavy atom. The molecule has 2 N–H and O–H groups in total. The molecular weight excluding hydrogens is 230 g/mol. The van der Waals surface area contributed by atoms with E-state index in [1.165, 1.54) is 6.42 Å². The highest BCUT2D eigenvalue weighted by Crippen LogP contribution is 2.35. The first-order chi connectivity index (χ1) is 6.29. The average molecular weight is 242 g/mol. The number of hydrogen-bond acceptors (Lipinski definition) is 2. The van der Waals surface area contributed by atoms with Crippen LogP contribution in [0.2, 0.25) is 0 Å². The molecule has 1 aliphatic heterocycles. The molecule has 1 aromatic carbocycles. The topological polar surface area (TPSA) is 32.3 Å². The average Bonchev–Trinajstić information content (AvgIpc) is 2.57. The van der Waals surface area contributed by atoms with Gasteiger partial charge in [0.25, 0.3) is 0 Å². The van der Waals surface area contributed by atoms with Gasteiger partial charge in [-0.25, -0.2) is 0 Å². The summed E-state index contributed by atoms with van der Waals surface area (Å²) in [4.78, 5) is 0. The molecule has 1 saturated heterocycles. The minimum Gasteiger partial charge on any atom is -0.508 e. The first-order valence-corrected chi connectivity index (χ1v) is 5.29. The van der Waals surface area contributed by atoms with Crippen LogP contribution in [-0.4, -0.2) is 11.7 Å². The Labute approximate surface area is 86.1 Å². The van der Waals surface area contributed by atoms with E-state index in [0.717, 1.165) is 23.0 Å². The molecule has 0 spiro atoms. The van der Waals surface area contributed by atoms with Crippen LogP contribution in [0.4, 0.5) is 0 Å². The van der Waals surface area contributed by atoms with Gasteiger partial charge in [0.15, 0.2) is 0 Å². The van der Waals surface area contributed by atoms with E-state index in [0.29, 0.717) is 11.8 Å². The number of halogens is 1. The van der Waals surface area contributed by atoms with Crippen molar-refractivity contribution < 1.29 is 5.11 Å². The lowest BCUT2D eigenvalue weighted by Crippen LogP contribution is -2.13. The maximum absolute atomic E-state index is 9.68. The van der Waals surface area contributed by atoms with Crippen molar-refractivity contribution in [3.63, 3.8) is 0 Å². The third-order valence-electron chi connectivity index (χ3n) is 2.44. The number of aromatic hydroxyl groups is 1. The monoisotopic (exact) mass is 241 g/mol. The first kappa shape index (κ1) is 9.03. The second-order valence-electron chi connectivity index (χ2n) is 3.32. The highest BCUT2D eigenvalue weighted by molar-refractivity contribution is 9.10. The summed E-state index contributed by atoms with van der Waals surface area (Å²) in [5, 5.41) is 13.0. The van der Waals surface area contributed by atoms with Crippen molar-refractivity contribution in [1.82, 2.24) is 5.32 Å². The van der Waals surface area contributed by atoms with E-state index < -0.39 is 0 Å². The van der Waals surface area contributed by atoms with Gasteiger partial charge in [-0.2, -0.15) is 0 Å². The standard InChI is InChI=1S/C10H12BrNO/c11-7-3-1-5-9(13)10(7)8-4-2-6-12-8/h1,3,5,8,12-13H,2,4,6H2. The van der Waals surface area contributed by atoms with Crippen molar-refractivity contribution in [3.8, 4) is 5.75 Å². The Morgan fingerprint density at radius 2 is 2.31 bits per heavy atom. The van der Waals surface area contributed by atoms with Crippen LogP contribution < -0.4 is 5.32 Å². The predicted octanol–water partition coefficient (Wildman–Crippen LogP) is 2.58. The number of nitrogens with one attached hydrogen (secondary N) is 1. The molecule has 0 aliphatic carbocycles. The Bertz CT molecular complexity index is 288. The van der Waals surface area contributed by atoms with E-state index in [1.54, 1.807) is 6.07 Å². The van der Waals surface area contributed by atoms with Gasteiger partial charge in [0.2, 0.25) is 0 Å². The zero-order chi connectivity index (χ0) is 9.26. The smallest absolute Gasteiger partial charge is 0.121 e. The fraction of sp³-hybridized carbons (Fsp3) is 0.400. The molecule has 0 radical (unpaired) electrons. The molecular formula is C10H12BrNO. The molecule has 1 atom stereocenters. The zero-order valence-corrected chi connectivity index (χ0v) is 8.84. The summed E-state index contributed by atoms with van der Waals surface area (Å²) >= 11 is 3.46. The molecule has 1 aliphatic rings. The van der Waals surface area contributed by atoms with Crippen LogP contribution in [0.1, 0.15) is 24.4 Å². The van der Waals surface area contributed by atoms with Gasteiger partial charge < -0.3 is 10.4 Å². The van der Waals surface area contributed by atoms with Crippen molar-refractivity contribution in [2.75, 3.05) is 6.54 Å². The van der Waals surface area contributed by atoms with Gasteiger partial charge in [-0.3, -0.25) is 0 Å². The summed E-state index contributed by atoms with van der Waals surface area (Å²) < 4.78 is 0.993. The summed E-state index contributed by atoms with van der Waals surface area (Å²) in [7, 11) is 0. The van der Waals surface area contributed by atoms with Crippen molar-refractivity contribution >= 4 is 15.9 Å². The van der Waals surface area contributed by atoms with E-state index in [1.807, 2.05) is 12.1 Å². The second-order valence-corrected chi connectivity index (χ2v) is 4.18. The second kappa shape index (κ2) is 3.68. The Kier molecular flexibility index (Phi) is 2.56. The lowest BCUT2D eigenvalue weighted by Gasteiger charge is -2.14. The molecule has 1 unspecified atom stereocenters. The summed E-state index contributed by atoms with van der Waals surface area (Å²) in [6.07, 6.45) is 2.29.